The molecule has 24 heavy (non-hydrogen) atoms. The lowest BCUT2D eigenvalue weighted by molar-refractivity contribution is 0.415. The predicted octanol–water partition coefficient (Wildman–Crippen LogP) is 5.04. The molecule has 0 spiro atoms. The lowest BCUT2D eigenvalue weighted by atomic mass is 10.1. The molecule has 1 N–H and O–H groups in total. The number of aromatic nitrogens is 2. The Hall–Kier alpha value is -3.14. The number of rotatable bonds is 3. The van der Waals surface area contributed by atoms with Crippen molar-refractivity contribution >= 4 is 10.8 Å². The number of hydrogen-bond acceptors (Lipinski definition) is 2. The third kappa shape index (κ3) is 2.63. The highest BCUT2D eigenvalue weighted by Crippen LogP contribution is 2.27. The summed E-state index contributed by atoms with van der Waals surface area (Å²) >= 11 is 0. The Kier molecular flexibility index (Phi) is 3.50. The number of hydrogen-bond donors (Lipinski definition) is 1. The zero-order valence-corrected chi connectivity index (χ0v) is 13.1. The Morgan fingerprint density at radius 3 is 2.42 bits per heavy atom. The maximum absolute atomic E-state index is 13.0. The molecule has 3 nitrogen and oxygen atoms in total. The third-order valence-corrected chi connectivity index (χ3v) is 4.04. The average Bonchev–Trinajstić information content (AvgIpc) is 3.11. The molecular weight excluding hydrogens is 303 g/mol. The van der Waals surface area contributed by atoms with E-state index in [1.165, 1.54) is 12.1 Å². The second-order valence-corrected chi connectivity index (χ2v) is 5.57. The molecule has 4 aromatic rings. The Morgan fingerprint density at radius 2 is 1.62 bits per heavy atom. The van der Waals surface area contributed by atoms with E-state index in [4.69, 9.17) is 4.74 Å². The summed E-state index contributed by atoms with van der Waals surface area (Å²) in [6.07, 6.45) is 1.83. The normalized spacial score (nSPS) is 10.9. The summed E-state index contributed by atoms with van der Waals surface area (Å²) in [4.78, 5) is 7.81. The van der Waals surface area contributed by atoms with Crippen molar-refractivity contribution in [2.75, 3.05) is 7.11 Å². The van der Waals surface area contributed by atoms with E-state index < -0.39 is 0 Å². The van der Waals surface area contributed by atoms with E-state index in [1.54, 1.807) is 19.2 Å². The van der Waals surface area contributed by atoms with E-state index >= 15 is 0 Å². The molecule has 1 heterocycles. The maximum atomic E-state index is 13.0. The van der Waals surface area contributed by atoms with Gasteiger partial charge in [0.05, 0.1) is 12.8 Å². The SMILES string of the molecule is COc1ccc2ccc(-c3nc(-c4ccc(F)cc4)c[nH]3)cc2c1. The Labute approximate surface area is 138 Å². The van der Waals surface area contributed by atoms with E-state index in [0.717, 1.165) is 39.2 Å². The Morgan fingerprint density at radius 1 is 0.875 bits per heavy atom. The molecule has 0 radical (unpaired) electrons. The van der Waals surface area contributed by atoms with E-state index in [1.807, 2.05) is 30.5 Å². The zero-order chi connectivity index (χ0) is 16.5. The van der Waals surface area contributed by atoms with Crippen molar-refractivity contribution in [3.63, 3.8) is 0 Å². The molecular formula is C20H15FN2O. The highest BCUT2D eigenvalue weighted by molar-refractivity contribution is 5.87. The number of methoxy groups -OCH3 is 1. The molecule has 0 amide bonds. The van der Waals surface area contributed by atoms with Crippen LogP contribution in [0.25, 0.3) is 33.4 Å². The van der Waals surface area contributed by atoms with Crippen molar-refractivity contribution in [1.29, 1.82) is 0 Å². The molecule has 0 bridgehead atoms. The van der Waals surface area contributed by atoms with Crippen LogP contribution in [0.2, 0.25) is 0 Å². The van der Waals surface area contributed by atoms with Gasteiger partial charge in [-0.2, -0.15) is 0 Å². The number of nitrogens with one attached hydrogen (secondary N) is 1. The van der Waals surface area contributed by atoms with Gasteiger partial charge in [-0.05, 0) is 53.2 Å². The van der Waals surface area contributed by atoms with Crippen molar-refractivity contribution in [3.8, 4) is 28.4 Å². The van der Waals surface area contributed by atoms with Crippen molar-refractivity contribution in [3.05, 3.63) is 72.7 Å². The quantitative estimate of drug-likeness (QED) is 0.574. The highest BCUT2D eigenvalue weighted by Gasteiger charge is 2.07. The summed E-state index contributed by atoms with van der Waals surface area (Å²) < 4.78 is 18.3. The molecule has 0 saturated carbocycles. The number of imidazole rings is 1. The van der Waals surface area contributed by atoms with Crippen LogP contribution in [-0.2, 0) is 0 Å². The second-order valence-electron chi connectivity index (χ2n) is 5.57. The molecule has 4 heteroatoms. The van der Waals surface area contributed by atoms with E-state index in [9.17, 15) is 4.39 Å². The van der Waals surface area contributed by atoms with Gasteiger partial charge in [0.2, 0.25) is 0 Å². The van der Waals surface area contributed by atoms with Gasteiger partial charge in [0.25, 0.3) is 0 Å². The van der Waals surface area contributed by atoms with Crippen LogP contribution in [0.3, 0.4) is 0 Å². The first-order valence-electron chi connectivity index (χ1n) is 7.62. The summed E-state index contributed by atoms with van der Waals surface area (Å²) in [5, 5.41) is 2.23. The van der Waals surface area contributed by atoms with Crippen LogP contribution in [0.4, 0.5) is 4.39 Å². The number of halogens is 1. The molecule has 1 aromatic heterocycles. The average molecular weight is 318 g/mol. The molecule has 0 atom stereocenters. The van der Waals surface area contributed by atoms with Crippen LogP contribution >= 0.6 is 0 Å². The lowest BCUT2D eigenvalue weighted by Gasteiger charge is -2.04. The number of H-pyrrole nitrogens is 1. The molecule has 118 valence electrons. The minimum absolute atomic E-state index is 0.252. The lowest BCUT2D eigenvalue weighted by Crippen LogP contribution is -1.85. The van der Waals surface area contributed by atoms with Gasteiger partial charge < -0.3 is 9.72 Å². The summed E-state index contributed by atoms with van der Waals surface area (Å²) in [5.41, 5.74) is 2.65. The third-order valence-electron chi connectivity index (χ3n) is 4.04. The summed E-state index contributed by atoms with van der Waals surface area (Å²) in [6, 6.07) is 18.5. The topological polar surface area (TPSA) is 37.9 Å². The van der Waals surface area contributed by atoms with Crippen LogP contribution in [0.5, 0.6) is 5.75 Å². The van der Waals surface area contributed by atoms with Crippen LogP contribution in [0, 0.1) is 5.82 Å². The van der Waals surface area contributed by atoms with Gasteiger partial charge in [0.1, 0.15) is 17.4 Å². The monoisotopic (exact) mass is 318 g/mol. The highest BCUT2D eigenvalue weighted by atomic mass is 19.1. The van der Waals surface area contributed by atoms with Crippen molar-refractivity contribution in [2.24, 2.45) is 0 Å². The number of ether oxygens (including phenoxy) is 1. The number of fused-ring (bicyclic) bond motifs is 1. The van der Waals surface area contributed by atoms with Crippen LogP contribution in [-0.4, -0.2) is 17.1 Å². The van der Waals surface area contributed by atoms with Gasteiger partial charge in [0, 0.05) is 17.3 Å². The number of aromatic amines is 1. The van der Waals surface area contributed by atoms with Gasteiger partial charge in [-0.1, -0.05) is 18.2 Å². The van der Waals surface area contributed by atoms with E-state index in [-0.39, 0.29) is 5.82 Å². The van der Waals surface area contributed by atoms with Crippen molar-refractivity contribution in [1.82, 2.24) is 9.97 Å². The van der Waals surface area contributed by atoms with Gasteiger partial charge in [-0.3, -0.25) is 0 Å². The number of nitrogens with zero attached hydrogens (tertiary/aromatic N) is 1. The maximum Gasteiger partial charge on any atom is 0.138 e. The Bertz CT molecular complexity index is 1010. The first-order chi connectivity index (χ1) is 11.7. The van der Waals surface area contributed by atoms with Crippen LogP contribution in [0.1, 0.15) is 0 Å². The van der Waals surface area contributed by atoms with Crippen molar-refractivity contribution < 1.29 is 9.13 Å². The van der Waals surface area contributed by atoms with E-state index in [0.29, 0.717) is 0 Å². The summed E-state index contributed by atoms with van der Waals surface area (Å²) in [6.45, 7) is 0. The molecule has 0 aliphatic rings. The smallest absolute Gasteiger partial charge is 0.138 e. The predicted molar refractivity (Wildman–Crippen MR) is 93.5 cm³/mol. The molecule has 0 aliphatic carbocycles. The van der Waals surface area contributed by atoms with Gasteiger partial charge in [-0.25, -0.2) is 9.37 Å². The first kappa shape index (κ1) is 14.5. The molecule has 0 aliphatic heterocycles. The first-order valence-corrected chi connectivity index (χ1v) is 7.62. The molecule has 0 fully saturated rings. The fraction of sp³-hybridized carbons (Fsp3) is 0.0500. The summed E-state index contributed by atoms with van der Waals surface area (Å²) in [7, 11) is 1.66. The van der Waals surface area contributed by atoms with Crippen LogP contribution in [0.15, 0.2) is 66.9 Å². The van der Waals surface area contributed by atoms with Gasteiger partial charge in [-0.15, -0.1) is 0 Å². The fourth-order valence-electron chi connectivity index (χ4n) is 2.74. The Balaban J connectivity index is 1.73. The largest absolute Gasteiger partial charge is 0.497 e. The molecule has 4 rings (SSSR count). The second kappa shape index (κ2) is 5.81. The standard InChI is InChI=1S/C20H15FN2O/c1-24-18-9-6-13-2-3-15(10-16(13)11-18)20-22-12-19(23-20)14-4-7-17(21)8-5-14/h2-12H,1H3,(H,22,23). The van der Waals surface area contributed by atoms with Gasteiger partial charge >= 0.3 is 0 Å². The number of benzene rings is 3. The molecule has 3 aromatic carbocycles. The minimum Gasteiger partial charge on any atom is -0.497 e. The molecule has 0 unspecified atom stereocenters. The zero-order valence-electron chi connectivity index (χ0n) is 13.1. The minimum atomic E-state index is -0.252. The van der Waals surface area contributed by atoms with Crippen LogP contribution < -0.4 is 4.74 Å². The fourth-order valence-corrected chi connectivity index (χ4v) is 2.74. The molecule has 0 saturated heterocycles. The summed E-state index contributed by atoms with van der Waals surface area (Å²) in [5.74, 6) is 1.35. The van der Waals surface area contributed by atoms with E-state index in [2.05, 4.69) is 22.1 Å². The van der Waals surface area contributed by atoms with Crippen molar-refractivity contribution in [2.45, 2.75) is 0 Å². The van der Waals surface area contributed by atoms with Gasteiger partial charge in [0.15, 0.2) is 0 Å².